The van der Waals surface area contributed by atoms with Crippen LogP contribution in [-0.4, -0.2) is 44.3 Å². The Labute approximate surface area is 164 Å². The van der Waals surface area contributed by atoms with Gasteiger partial charge in [-0.25, -0.2) is 0 Å². The Balaban J connectivity index is 0.000000431. The van der Waals surface area contributed by atoms with Gasteiger partial charge in [0.2, 0.25) is 0 Å². The largest absolute Gasteiger partial charge is 0.469 e. The zero-order chi connectivity index (χ0) is 19.2. The molecule has 1 N–H and O–H groups in total. The van der Waals surface area contributed by atoms with Crippen molar-refractivity contribution in [2.24, 2.45) is 0 Å². The predicted molar refractivity (Wildman–Crippen MR) is 107 cm³/mol. The van der Waals surface area contributed by atoms with Crippen LogP contribution in [-0.2, 0) is 23.0 Å². The summed E-state index contributed by atoms with van der Waals surface area (Å²) in [5.41, 5.74) is 3.08. The summed E-state index contributed by atoms with van der Waals surface area (Å²) in [4.78, 5) is 2.43. The maximum absolute atomic E-state index is 9.19. The lowest BCUT2D eigenvalue weighted by atomic mass is 9.82. The van der Waals surface area contributed by atoms with E-state index in [0.29, 0.717) is 12.2 Å². The Hall–Kier alpha value is -1.15. The van der Waals surface area contributed by atoms with Crippen LogP contribution in [0.3, 0.4) is 0 Å². The molecule has 5 nitrogen and oxygen atoms in total. The average Bonchev–Trinajstić information content (AvgIpc) is 3.05. The van der Waals surface area contributed by atoms with Crippen molar-refractivity contribution in [1.82, 2.24) is 4.90 Å². The second kappa shape index (κ2) is 9.69. The molecule has 1 unspecified atom stereocenters. The minimum atomic E-state index is -3.67. The maximum atomic E-state index is 9.19. The van der Waals surface area contributed by atoms with Gasteiger partial charge in [0.05, 0.1) is 12.5 Å². The number of nitrogens with zero attached hydrogens (tertiary/aromatic N) is 1. The fourth-order valence-corrected chi connectivity index (χ4v) is 3.71. The molecule has 2 aromatic rings. The van der Waals surface area contributed by atoms with Crippen molar-refractivity contribution in [2.45, 2.75) is 31.6 Å². The van der Waals surface area contributed by atoms with Gasteiger partial charge in [0.25, 0.3) is 10.1 Å². The zero-order valence-electron chi connectivity index (χ0n) is 15.2. The van der Waals surface area contributed by atoms with E-state index in [1.54, 1.807) is 11.8 Å². The van der Waals surface area contributed by atoms with E-state index < -0.39 is 10.1 Å². The van der Waals surface area contributed by atoms with Crippen LogP contribution in [0.5, 0.6) is 0 Å². The van der Waals surface area contributed by atoms with E-state index in [1.807, 2.05) is 6.07 Å². The first-order chi connectivity index (χ1) is 12.2. The highest BCUT2D eigenvalue weighted by Crippen LogP contribution is 2.33. The van der Waals surface area contributed by atoms with Gasteiger partial charge in [0.15, 0.2) is 0 Å². The molecule has 0 amide bonds. The van der Waals surface area contributed by atoms with Gasteiger partial charge in [-0.05, 0) is 67.6 Å². The first-order valence-corrected chi connectivity index (χ1v) is 11.3. The van der Waals surface area contributed by atoms with Crippen molar-refractivity contribution < 1.29 is 17.4 Å². The molecule has 0 saturated heterocycles. The maximum Gasteiger partial charge on any atom is 0.261 e. The van der Waals surface area contributed by atoms with Crippen LogP contribution in [0.1, 0.15) is 35.6 Å². The number of benzene rings is 1. The average molecular weight is 444 g/mol. The number of hydrogen-bond acceptors (Lipinski definition) is 4. The van der Waals surface area contributed by atoms with Gasteiger partial charge in [-0.3, -0.25) is 4.55 Å². The highest BCUT2D eigenvalue weighted by Gasteiger charge is 2.21. The summed E-state index contributed by atoms with van der Waals surface area (Å²) < 4.78 is 32.5. The summed E-state index contributed by atoms with van der Waals surface area (Å²) in [5, 5.41) is 0. The van der Waals surface area contributed by atoms with Gasteiger partial charge in [0, 0.05) is 24.0 Å². The molecule has 1 aromatic heterocycles. The molecule has 3 rings (SSSR count). The number of hydrogen-bond donors (Lipinski definition) is 1. The molecule has 0 spiro atoms. The van der Waals surface area contributed by atoms with Crippen LogP contribution in [0.2, 0.25) is 0 Å². The van der Waals surface area contributed by atoms with Crippen LogP contribution in [0.15, 0.2) is 45.5 Å². The lowest BCUT2D eigenvalue weighted by Gasteiger charge is -2.29. The predicted octanol–water partition coefficient (Wildman–Crippen LogP) is 4.14. The second-order valence-corrected chi connectivity index (χ2v) is 9.14. The summed E-state index contributed by atoms with van der Waals surface area (Å²) in [6.07, 6.45) is 7.29. The lowest BCUT2D eigenvalue weighted by Crippen LogP contribution is -2.28. The Bertz CT molecular complexity index is 782. The zero-order valence-corrected chi connectivity index (χ0v) is 17.6. The molecule has 7 heteroatoms. The monoisotopic (exact) mass is 443 g/mol. The summed E-state index contributed by atoms with van der Waals surface area (Å²) in [5.74, 6) is 1.75. The molecule has 0 saturated carbocycles. The van der Waals surface area contributed by atoms with Gasteiger partial charge < -0.3 is 9.32 Å². The van der Waals surface area contributed by atoms with Crippen molar-refractivity contribution >= 4 is 26.0 Å². The molecule has 1 heterocycles. The molecule has 0 aliphatic heterocycles. The first-order valence-electron chi connectivity index (χ1n) is 8.64. The van der Waals surface area contributed by atoms with Gasteiger partial charge in [-0.15, -0.1) is 0 Å². The number of aryl methyl sites for hydroxylation is 1. The third-order valence-electron chi connectivity index (χ3n) is 4.40. The van der Waals surface area contributed by atoms with Crippen LogP contribution in [0.25, 0.3) is 0 Å². The minimum absolute atomic E-state index is 0.670. The van der Waals surface area contributed by atoms with E-state index >= 15 is 0 Å². The lowest BCUT2D eigenvalue weighted by molar-refractivity contribution is 0.293. The third kappa shape index (κ3) is 7.61. The van der Waals surface area contributed by atoms with E-state index in [4.69, 9.17) is 8.97 Å². The molecule has 1 atom stereocenters. The van der Waals surface area contributed by atoms with Crippen molar-refractivity contribution in [3.05, 3.63) is 58.0 Å². The number of likely N-dealkylation sites (N-methyl/N-ethyl adjacent to an activating group) is 1. The highest BCUT2D eigenvalue weighted by molar-refractivity contribution is 9.10. The summed E-state index contributed by atoms with van der Waals surface area (Å²) in [7, 11) is -1.45. The Morgan fingerprint density at radius 2 is 2.08 bits per heavy atom. The Kier molecular flexibility index (Phi) is 7.88. The normalized spacial score (nSPS) is 16.7. The van der Waals surface area contributed by atoms with Crippen LogP contribution < -0.4 is 0 Å². The van der Waals surface area contributed by atoms with E-state index in [2.05, 4.69) is 52.1 Å². The SMILES string of the molecule is CN(CCc1ccco1)CC1CCCc2cc(Br)ccc21.CS(=O)(=O)O. The summed E-state index contributed by atoms with van der Waals surface area (Å²) in [6.45, 7) is 2.19. The highest BCUT2D eigenvalue weighted by atomic mass is 79.9. The van der Waals surface area contributed by atoms with Crippen LogP contribution >= 0.6 is 15.9 Å². The first kappa shape index (κ1) is 21.2. The van der Waals surface area contributed by atoms with Crippen LogP contribution in [0.4, 0.5) is 0 Å². The summed E-state index contributed by atoms with van der Waals surface area (Å²) in [6, 6.07) is 10.8. The van der Waals surface area contributed by atoms with Crippen molar-refractivity contribution in [2.75, 3.05) is 26.4 Å². The molecule has 144 valence electrons. The van der Waals surface area contributed by atoms with Gasteiger partial charge in [-0.2, -0.15) is 8.42 Å². The molecule has 0 bridgehead atoms. The van der Waals surface area contributed by atoms with E-state index in [0.717, 1.165) is 25.3 Å². The molecule has 1 aromatic carbocycles. The molecule has 0 radical (unpaired) electrons. The van der Waals surface area contributed by atoms with Gasteiger partial charge in [0.1, 0.15) is 5.76 Å². The number of furan rings is 1. The van der Waals surface area contributed by atoms with E-state index in [-0.39, 0.29) is 0 Å². The standard InChI is InChI=1S/C18H22BrNO.CH4O3S/c1-20(10-9-17-6-3-11-21-17)13-15-5-2-4-14-12-16(19)7-8-18(14)15;1-5(2,3)4/h3,6-8,11-12,15H,2,4-5,9-10,13H2,1H3;1H3,(H,2,3,4). The minimum Gasteiger partial charge on any atom is -0.469 e. The number of rotatable bonds is 5. The number of halogens is 1. The second-order valence-electron chi connectivity index (χ2n) is 6.76. The molecular formula is C19H26BrNO4S. The van der Waals surface area contributed by atoms with E-state index in [1.165, 1.54) is 29.3 Å². The topological polar surface area (TPSA) is 70.8 Å². The molecule has 26 heavy (non-hydrogen) atoms. The number of fused-ring (bicyclic) bond motifs is 1. The molecule has 1 aliphatic rings. The molecule has 0 fully saturated rings. The van der Waals surface area contributed by atoms with Crippen LogP contribution in [0, 0.1) is 0 Å². The van der Waals surface area contributed by atoms with Gasteiger partial charge >= 0.3 is 0 Å². The fraction of sp³-hybridized carbons (Fsp3) is 0.474. The molecular weight excluding hydrogens is 418 g/mol. The molecule has 1 aliphatic carbocycles. The fourth-order valence-electron chi connectivity index (χ4n) is 3.30. The Morgan fingerprint density at radius 3 is 2.73 bits per heavy atom. The van der Waals surface area contributed by atoms with Gasteiger partial charge in [-0.1, -0.05) is 22.0 Å². The Morgan fingerprint density at radius 1 is 1.35 bits per heavy atom. The van der Waals surface area contributed by atoms with Crippen molar-refractivity contribution in [1.29, 1.82) is 0 Å². The van der Waals surface area contributed by atoms with Crippen molar-refractivity contribution in [3.8, 4) is 0 Å². The van der Waals surface area contributed by atoms with Crippen molar-refractivity contribution in [3.63, 3.8) is 0 Å². The quantitative estimate of drug-likeness (QED) is 0.702. The third-order valence-corrected chi connectivity index (χ3v) is 4.89. The van der Waals surface area contributed by atoms with E-state index in [9.17, 15) is 8.42 Å². The smallest absolute Gasteiger partial charge is 0.261 e. The summed E-state index contributed by atoms with van der Waals surface area (Å²) >= 11 is 3.59.